The smallest absolute Gasteiger partial charge is 0.162 e. The predicted molar refractivity (Wildman–Crippen MR) is 40.1 cm³/mol. The van der Waals surface area contributed by atoms with Gasteiger partial charge in [0, 0.05) is 6.42 Å². The van der Waals surface area contributed by atoms with E-state index < -0.39 is 5.06 Å². The van der Waals surface area contributed by atoms with Crippen LogP contribution >= 0.6 is 23.2 Å². The molecule has 4 heteroatoms. The Morgan fingerprint density at radius 1 is 1.60 bits per heavy atom. The quantitative estimate of drug-likeness (QED) is 0.560. The van der Waals surface area contributed by atoms with E-state index in [9.17, 15) is 0 Å². The van der Waals surface area contributed by atoms with E-state index in [1.807, 2.05) is 0 Å². The highest BCUT2D eigenvalue weighted by Gasteiger charge is 2.24. The fourth-order valence-corrected chi connectivity index (χ4v) is 1.16. The van der Waals surface area contributed by atoms with Crippen molar-refractivity contribution in [1.29, 1.82) is 0 Å². The van der Waals surface area contributed by atoms with Crippen LogP contribution in [-0.4, -0.2) is 15.3 Å². The number of aliphatic hydroxyl groups is 2. The van der Waals surface area contributed by atoms with Crippen LogP contribution < -0.4 is 0 Å². The van der Waals surface area contributed by atoms with Crippen molar-refractivity contribution in [3.63, 3.8) is 0 Å². The Morgan fingerprint density at radius 3 is 2.60 bits per heavy atom. The van der Waals surface area contributed by atoms with E-state index in [1.165, 1.54) is 12.2 Å². The number of aliphatic hydroxyl groups excluding tert-OH is 1. The van der Waals surface area contributed by atoms with E-state index in [-0.39, 0.29) is 17.2 Å². The molecule has 1 atom stereocenters. The highest BCUT2D eigenvalue weighted by Crippen LogP contribution is 2.29. The number of allylic oxidation sites excluding steroid dienone is 1. The Balaban J connectivity index is 2.87. The second kappa shape index (κ2) is 2.46. The van der Waals surface area contributed by atoms with Crippen molar-refractivity contribution in [2.75, 3.05) is 0 Å². The van der Waals surface area contributed by atoms with Gasteiger partial charge in [-0.1, -0.05) is 23.2 Å². The third kappa shape index (κ3) is 1.66. The van der Waals surface area contributed by atoms with Crippen molar-refractivity contribution in [3.8, 4) is 0 Å². The average molecular weight is 181 g/mol. The van der Waals surface area contributed by atoms with Crippen molar-refractivity contribution in [3.05, 3.63) is 22.9 Å². The molecule has 2 N–H and O–H groups in total. The second-order valence-electron chi connectivity index (χ2n) is 2.10. The normalized spacial score (nSPS) is 33.1. The molecule has 0 amide bonds. The zero-order valence-corrected chi connectivity index (χ0v) is 6.52. The summed E-state index contributed by atoms with van der Waals surface area (Å²) in [7, 11) is 0. The summed E-state index contributed by atoms with van der Waals surface area (Å²) in [5, 5.41) is 16.7. The van der Waals surface area contributed by atoms with Crippen molar-refractivity contribution < 1.29 is 10.2 Å². The van der Waals surface area contributed by atoms with Crippen molar-refractivity contribution in [2.45, 2.75) is 11.5 Å². The molecule has 0 aromatic carbocycles. The van der Waals surface area contributed by atoms with E-state index >= 15 is 0 Å². The minimum Gasteiger partial charge on any atom is -0.507 e. The van der Waals surface area contributed by atoms with E-state index in [2.05, 4.69) is 0 Å². The first kappa shape index (κ1) is 7.92. The van der Waals surface area contributed by atoms with Crippen LogP contribution in [0.4, 0.5) is 0 Å². The number of rotatable bonds is 0. The van der Waals surface area contributed by atoms with Gasteiger partial charge in [0.15, 0.2) is 5.06 Å². The summed E-state index contributed by atoms with van der Waals surface area (Å²) in [6.45, 7) is 0. The van der Waals surface area contributed by atoms with E-state index in [0.717, 1.165) is 0 Å². The molecule has 0 fully saturated rings. The maximum absolute atomic E-state index is 9.11. The maximum Gasteiger partial charge on any atom is 0.162 e. The lowest BCUT2D eigenvalue weighted by Crippen LogP contribution is -2.19. The first-order valence-electron chi connectivity index (χ1n) is 2.70. The predicted octanol–water partition coefficient (Wildman–Crippen LogP) is 1.88. The molecule has 1 aliphatic carbocycles. The zero-order valence-electron chi connectivity index (χ0n) is 5.01. The van der Waals surface area contributed by atoms with Crippen LogP contribution in [0.2, 0.25) is 0 Å². The van der Waals surface area contributed by atoms with Crippen LogP contribution in [0.3, 0.4) is 0 Å². The van der Waals surface area contributed by atoms with Gasteiger partial charge in [-0.05, 0) is 12.2 Å². The average Bonchev–Trinajstić information content (AvgIpc) is 1.79. The standard InChI is InChI=1S/C6H6Cl2O2/c7-4-3-6(8,10)2-1-5(4)9/h1,3,9-10H,2H2. The Hall–Kier alpha value is -0.180. The monoisotopic (exact) mass is 180 g/mol. The fourth-order valence-electron chi connectivity index (χ4n) is 0.664. The first-order valence-corrected chi connectivity index (χ1v) is 3.46. The lowest BCUT2D eigenvalue weighted by Gasteiger charge is -2.18. The molecular weight excluding hydrogens is 175 g/mol. The van der Waals surface area contributed by atoms with Crippen LogP contribution in [-0.2, 0) is 0 Å². The Kier molecular flexibility index (Phi) is 1.95. The molecule has 56 valence electrons. The minimum atomic E-state index is -1.43. The molecule has 0 bridgehead atoms. The molecular formula is C6H6Cl2O2. The van der Waals surface area contributed by atoms with E-state index in [4.69, 9.17) is 33.4 Å². The third-order valence-corrected chi connectivity index (χ3v) is 1.74. The summed E-state index contributed by atoms with van der Waals surface area (Å²) in [5.41, 5.74) is 0. The number of alkyl halides is 1. The number of halogens is 2. The van der Waals surface area contributed by atoms with Crippen molar-refractivity contribution in [1.82, 2.24) is 0 Å². The highest BCUT2D eigenvalue weighted by atomic mass is 35.5. The molecule has 1 unspecified atom stereocenters. The molecule has 1 rings (SSSR count). The zero-order chi connectivity index (χ0) is 7.78. The summed E-state index contributed by atoms with van der Waals surface area (Å²) in [6.07, 6.45) is 2.75. The molecule has 2 nitrogen and oxygen atoms in total. The lowest BCUT2D eigenvalue weighted by atomic mass is 10.1. The molecule has 0 aliphatic heterocycles. The second-order valence-corrected chi connectivity index (χ2v) is 3.17. The van der Waals surface area contributed by atoms with Crippen LogP contribution in [0.15, 0.2) is 22.9 Å². The summed E-state index contributed by atoms with van der Waals surface area (Å²) in [6, 6.07) is 0. The van der Waals surface area contributed by atoms with Gasteiger partial charge in [-0.15, -0.1) is 0 Å². The minimum absolute atomic E-state index is 0.0352. The van der Waals surface area contributed by atoms with Gasteiger partial charge in [0.2, 0.25) is 0 Å². The van der Waals surface area contributed by atoms with Crippen molar-refractivity contribution >= 4 is 23.2 Å². The summed E-state index contributed by atoms with van der Waals surface area (Å²) < 4.78 is 0. The van der Waals surface area contributed by atoms with Crippen LogP contribution in [0, 0.1) is 0 Å². The molecule has 10 heavy (non-hydrogen) atoms. The SMILES string of the molecule is OC1=CCC(O)(Cl)C=C1Cl. The molecule has 0 saturated carbocycles. The van der Waals surface area contributed by atoms with Gasteiger partial charge in [0.05, 0.1) is 5.03 Å². The molecule has 0 saturated heterocycles. The Labute approximate surface area is 68.4 Å². The van der Waals surface area contributed by atoms with E-state index in [0.29, 0.717) is 0 Å². The Bertz CT molecular complexity index is 206. The van der Waals surface area contributed by atoms with Crippen LogP contribution in [0.25, 0.3) is 0 Å². The lowest BCUT2D eigenvalue weighted by molar-refractivity contribution is 0.178. The topological polar surface area (TPSA) is 40.5 Å². The molecule has 1 aliphatic rings. The van der Waals surface area contributed by atoms with E-state index in [1.54, 1.807) is 0 Å². The molecule has 0 aromatic rings. The number of hydrogen-bond donors (Lipinski definition) is 2. The largest absolute Gasteiger partial charge is 0.507 e. The van der Waals surface area contributed by atoms with Gasteiger partial charge in [-0.3, -0.25) is 0 Å². The first-order chi connectivity index (χ1) is 4.51. The summed E-state index contributed by atoms with van der Waals surface area (Å²) in [5.74, 6) is -0.0352. The molecule has 0 spiro atoms. The highest BCUT2D eigenvalue weighted by molar-refractivity contribution is 6.33. The molecule has 0 radical (unpaired) electrons. The van der Waals surface area contributed by atoms with Gasteiger partial charge >= 0.3 is 0 Å². The van der Waals surface area contributed by atoms with Gasteiger partial charge < -0.3 is 10.2 Å². The fraction of sp³-hybridized carbons (Fsp3) is 0.333. The van der Waals surface area contributed by atoms with Gasteiger partial charge in [0.1, 0.15) is 5.76 Å². The number of hydrogen-bond acceptors (Lipinski definition) is 2. The summed E-state index contributed by atoms with van der Waals surface area (Å²) in [4.78, 5) is 0. The van der Waals surface area contributed by atoms with Gasteiger partial charge in [-0.25, -0.2) is 0 Å². The molecule has 0 heterocycles. The van der Waals surface area contributed by atoms with Crippen molar-refractivity contribution in [2.24, 2.45) is 0 Å². The van der Waals surface area contributed by atoms with Crippen LogP contribution in [0.1, 0.15) is 6.42 Å². The summed E-state index contributed by atoms with van der Waals surface area (Å²) >= 11 is 10.9. The van der Waals surface area contributed by atoms with Gasteiger partial charge in [0.25, 0.3) is 0 Å². The Morgan fingerprint density at radius 2 is 2.20 bits per heavy atom. The van der Waals surface area contributed by atoms with Crippen LogP contribution in [0.5, 0.6) is 0 Å². The molecule has 0 aromatic heterocycles. The van der Waals surface area contributed by atoms with Gasteiger partial charge in [-0.2, -0.15) is 0 Å². The third-order valence-electron chi connectivity index (χ3n) is 1.17. The maximum atomic E-state index is 9.11.